The number of carbonyl (C=O) groups excluding carboxylic acids is 2. The van der Waals surface area contributed by atoms with Gasteiger partial charge in [0.15, 0.2) is 0 Å². The summed E-state index contributed by atoms with van der Waals surface area (Å²) in [4.78, 5) is 28.2. The van der Waals surface area contributed by atoms with E-state index in [2.05, 4.69) is 15.0 Å². The Hall–Kier alpha value is -3.15. The highest BCUT2D eigenvalue weighted by Crippen LogP contribution is 2.18. The average Bonchev–Trinajstić information content (AvgIpc) is 2.88. The largest absolute Gasteiger partial charge is 0.465 e. The monoisotopic (exact) mass is 323 g/mol. The van der Waals surface area contributed by atoms with Gasteiger partial charge in [-0.15, -0.1) is 0 Å². The Balaban J connectivity index is 1.80. The fourth-order valence-corrected chi connectivity index (χ4v) is 2.47. The van der Waals surface area contributed by atoms with Crippen LogP contribution in [-0.2, 0) is 11.8 Å². The highest BCUT2D eigenvalue weighted by Gasteiger charge is 2.11. The molecule has 3 aromatic rings. The molecule has 0 spiro atoms. The van der Waals surface area contributed by atoms with Gasteiger partial charge >= 0.3 is 5.97 Å². The van der Waals surface area contributed by atoms with Gasteiger partial charge in [-0.2, -0.15) is 0 Å². The molecule has 1 heterocycles. The number of rotatable bonds is 3. The molecule has 0 radical (unpaired) electrons. The number of nitrogens with zero attached hydrogens (tertiary/aromatic N) is 2. The molecule has 0 aliphatic carbocycles. The molecule has 0 saturated heterocycles. The third-order valence-corrected chi connectivity index (χ3v) is 3.93. The van der Waals surface area contributed by atoms with Gasteiger partial charge in [0.2, 0.25) is 0 Å². The molecule has 0 atom stereocenters. The summed E-state index contributed by atoms with van der Waals surface area (Å²) in [5, 5.41) is 2.80. The fraction of sp³-hybridized carbons (Fsp3) is 0.167. The zero-order valence-electron chi connectivity index (χ0n) is 13.7. The normalized spacial score (nSPS) is 10.6. The summed E-state index contributed by atoms with van der Waals surface area (Å²) < 4.78 is 6.62. The van der Waals surface area contributed by atoms with Crippen LogP contribution < -0.4 is 5.32 Å². The van der Waals surface area contributed by atoms with Crippen molar-refractivity contribution in [2.24, 2.45) is 7.05 Å². The zero-order valence-corrected chi connectivity index (χ0v) is 13.7. The number of esters is 1. The van der Waals surface area contributed by atoms with E-state index in [9.17, 15) is 9.59 Å². The number of imidazole rings is 1. The number of aromatic nitrogens is 2. The molecule has 3 rings (SSSR count). The average molecular weight is 323 g/mol. The second-order valence-electron chi connectivity index (χ2n) is 5.44. The lowest BCUT2D eigenvalue weighted by atomic mass is 10.1. The predicted molar refractivity (Wildman–Crippen MR) is 91.2 cm³/mol. The van der Waals surface area contributed by atoms with Gasteiger partial charge in [-0.3, -0.25) is 4.79 Å². The first-order valence-electron chi connectivity index (χ1n) is 7.42. The predicted octanol–water partition coefficient (Wildman–Crippen LogP) is 2.92. The van der Waals surface area contributed by atoms with Crippen molar-refractivity contribution >= 4 is 28.6 Å². The minimum Gasteiger partial charge on any atom is -0.465 e. The number of carbonyl (C=O) groups is 2. The molecule has 0 saturated carbocycles. The Morgan fingerprint density at radius 3 is 2.42 bits per heavy atom. The number of fused-ring (bicyclic) bond motifs is 1. The maximum atomic E-state index is 12.4. The number of anilines is 1. The van der Waals surface area contributed by atoms with Crippen LogP contribution >= 0.6 is 0 Å². The number of hydrogen-bond donors (Lipinski definition) is 1. The number of nitrogens with one attached hydrogen (secondary N) is 1. The number of benzene rings is 2. The summed E-state index contributed by atoms with van der Waals surface area (Å²) in [5.41, 5.74) is 3.32. The molecular weight excluding hydrogens is 306 g/mol. The molecule has 0 aliphatic heterocycles. The van der Waals surface area contributed by atoms with Gasteiger partial charge in [0, 0.05) is 18.3 Å². The minimum atomic E-state index is -0.413. The summed E-state index contributed by atoms with van der Waals surface area (Å²) >= 11 is 0. The number of ether oxygens (including phenoxy) is 1. The highest BCUT2D eigenvalue weighted by atomic mass is 16.5. The number of hydrogen-bond acceptors (Lipinski definition) is 4. The van der Waals surface area contributed by atoms with E-state index in [1.54, 1.807) is 36.4 Å². The molecule has 1 amide bonds. The summed E-state index contributed by atoms with van der Waals surface area (Å²) in [6.45, 7) is 1.92. The number of methoxy groups -OCH3 is 1. The van der Waals surface area contributed by atoms with Crippen LogP contribution in [0.2, 0.25) is 0 Å². The van der Waals surface area contributed by atoms with Crippen molar-refractivity contribution in [3.63, 3.8) is 0 Å². The second-order valence-corrected chi connectivity index (χ2v) is 5.44. The van der Waals surface area contributed by atoms with Crippen LogP contribution in [0.4, 0.5) is 5.69 Å². The lowest BCUT2D eigenvalue weighted by Gasteiger charge is -2.06. The van der Waals surface area contributed by atoms with Crippen LogP contribution in [0.25, 0.3) is 11.0 Å². The van der Waals surface area contributed by atoms with Crippen molar-refractivity contribution in [1.82, 2.24) is 9.55 Å². The van der Waals surface area contributed by atoms with Crippen molar-refractivity contribution in [2.75, 3.05) is 12.4 Å². The van der Waals surface area contributed by atoms with Gasteiger partial charge in [0.25, 0.3) is 5.91 Å². The zero-order chi connectivity index (χ0) is 17.3. The van der Waals surface area contributed by atoms with Gasteiger partial charge < -0.3 is 14.6 Å². The molecule has 0 unspecified atom stereocenters. The van der Waals surface area contributed by atoms with Gasteiger partial charge in [-0.25, -0.2) is 9.78 Å². The Morgan fingerprint density at radius 1 is 1.08 bits per heavy atom. The van der Waals surface area contributed by atoms with Crippen molar-refractivity contribution in [1.29, 1.82) is 0 Å². The van der Waals surface area contributed by atoms with Crippen LogP contribution in [-0.4, -0.2) is 28.5 Å². The van der Waals surface area contributed by atoms with E-state index in [0.717, 1.165) is 16.9 Å². The first-order chi connectivity index (χ1) is 11.5. The maximum absolute atomic E-state index is 12.4. The Kier molecular flexibility index (Phi) is 4.04. The van der Waals surface area contributed by atoms with Crippen LogP contribution in [0.3, 0.4) is 0 Å². The van der Waals surface area contributed by atoms with Crippen LogP contribution in [0, 0.1) is 6.92 Å². The van der Waals surface area contributed by atoms with Gasteiger partial charge in [-0.05, 0) is 49.4 Å². The van der Waals surface area contributed by atoms with Crippen molar-refractivity contribution in [2.45, 2.75) is 6.92 Å². The number of amides is 1. The van der Waals surface area contributed by atoms with Gasteiger partial charge in [0.1, 0.15) is 5.82 Å². The third kappa shape index (κ3) is 2.86. The lowest BCUT2D eigenvalue weighted by molar-refractivity contribution is 0.0600. The maximum Gasteiger partial charge on any atom is 0.337 e. The van der Waals surface area contributed by atoms with E-state index in [4.69, 9.17) is 0 Å². The topological polar surface area (TPSA) is 73.2 Å². The molecule has 6 heteroatoms. The third-order valence-electron chi connectivity index (χ3n) is 3.93. The molecule has 1 aromatic heterocycles. The molecule has 1 N–H and O–H groups in total. The van der Waals surface area contributed by atoms with Crippen molar-refractivity contribution < 1.29 is 14.3 Å². The molecule has 0 aliphatic rings. The van der Waals surface area contributed by atoms with E-state index in [1.165, 1.54) is 7.11 Å². The Bertz CT molecular complexity index is 927. The Labute approximate surface area is 139 Å². The first kappa shape index (κ1) is 15.7. The van der Waals surface area contributed by atoms with Crippen LogP contribution in [0.1, 0.15) is 26.5 Å². The first-order valence-corrected chi connectivity index (χ1v) is 7.42. The van der Waals surface area contributed by atoms with Crippen LogP contribution in [0.15, 0.2) is 42.5 Å². The van der Waals surface area contributed by atoms with Gasteiger partial charge in [0.05, 0.1) is 23.7 Å². The summed E-state index contributed by atoms with van der Waals surface area (Å²) in [5.74, 6) is 0.246. The lowest BCUT2D eigenvalue weighted by Crippen LogP contribution is -2.12. The van der Waals surface area contributed by atoms with Crippen molar-refractivity contribution in [3.05, 3.63) is 59.4 Å². The van der Waals surface area contributed by atoms with E-state index in [-0.39, 0.29) is 5.91 Å². The second kappa shape index (κ2) is 6.16. The fourth-order valence-electron chi connectivity index (χ4n) is 2.47. The molecule has 0 fully saturated rings. The van der Waals surface area contributed by atoms with E-state index in [0.29, 0.717) is 16.8 Å². The molecular formula is C18H17N3O3. The van der Waals surface area contributed by atoms with E-state index >= 15 is 0 Å². The molecule has 0 bridgehead atoms. The summed E-state index contributed by atoms with van der Waals surface area (Å²) in [6.07, 6.45) is 0. The molecule has 122 valence electrons. The van der Waals surface area contributed by atoms with E-state index in [1.807, 2.05) is 24.6 Å². The quantitative estimate of drug-likeness (QED) is 0.752. The van der Waals surface area contributed by atoms with Crippen molar-refractivity contribution in [3.8, 4) is 0 Å². The van der Waals surface area contributed by atoms with E-state index < -0.39 is 5.97 Å². The standard InChI is InChI=1S/C18H17N3O3/c1-11-19-15-10-13(6-9-16(15)21(11)2)17(22)20-14-7-4-12(5-8-14)18(23)24-3/h4-10H,1-3H3,(H,20,22). The van der Waals surface area contributed by atoms with Crippen LogP contribution in [0.5, 0.6) is 0 Å². The smallest absolute Gasteiger partial charge is 0.337 e. The highest BCUT2D eigenvalue weighted by molar-refractivity contribution is 6.06. The SMILES string of the molecule is COC(=O)c1ccc(NC(=O)c2ccc3c(c2)nc(C)n3C)cc1. The Morgan fingerprint density at radius 2 is 1.75 bits per heavy atom. The molecule has 24 heavy (non-hydrogen) atoms. The number of aryl methyl sites for hydroxylation is 2. The van der Waals surface area contributed by atoms with Gasteiger partial charge in [-0.1, -0.05) is 0 Å². The molecule has 2 aromatic carbocycles. The summed E-state index contributed by atoms with van der Waals surface area (Å²) in [7, 11) is 3.26. The molecule has 6 nitrogen and oxygen atoms in total. The summed E-state index contributed by atoms with van der Waals surface area (Å²) in [6, 6.07) is 11.9. The minimum absolute atomic E-state index is 0.231.